The van der Waals surface area contributed by atoms with E-state index < -0.39 is 17.2 Å². The van der Waals surface area contributed by atoms with Crippen molar-refractivity contribution < 1.29 is 18.8 Å². The quantitative estimate of drug-likeness (QED) is 0.813. The summed E-state index contributed by atoms with van der Waals surface area (Å²) in [5, 5.41) is 13.6. The summed E-state index contributed by atoms with van der Waals surface area (Å²) in [6.07, 6.45) is 0. The highest BCUT2D eigenvalue weighted by Gasteiger charge is 2.30. The lowest BCUT2D eigenvalue weighted by atomic mass is 9.98. The summed E-state index contributed by atoms with van der Waals surface area (Å²) < 4.78 is 18.2. The van der Waals surface area contributed by atoms with E-state index in [1.807, 2.05) is 0 Å². The molecule has 2 rings (SSSR count). The molecule has 1 aromatic carbocycles. The molecule has 5 heteroatoms. The molecular weight excluding hydrogens is 225 g/mol. The number of halogens is 1. The number of nitrogens with zero attached hydrogens (tertiary/aromatic N) is 1. The van der Waals surface area contributed by atoms with E-state index in [1.54, 1.807) is 6.92 Å². The maximum atomic E-state index is 13.3. The molecule has 2 aromatic rings. The first-order valence-corrected chi connectivity index (χ1v) is 5.13. The highest BCUT2D eigenvalue weighted by molar-refractivity contribution is 6.09. The van der Waals surface area contributed by atoms with Gasteiger partial charge in [0.2, 0.25) is 5.78 Å². The number of hydrogen-bond donors (Lipinski definition) is 1. The van der Waals surface area contributed by atoms with Crippen molar-refractivity contribution in [1.29, 1.82) is 0 Å². The van der Waals surface area contributed by atoms with Gasteiger partial charge in [-0.1, -0.05) is 5.16 Å². The number of aryl methyl sites for hydroxylation is 1. The lowest BCUT2D eigenvalue weighted by Gasteiger charge is -2.13. The van der Waals surface area contributed by atoms with Crippen LogP contribution in [-0.4, -0.2) is 21.6 Å². The lowest BCUT2D eigenvalue weighted by Crippen LogP contribution is -2.31. The molecule has 0 aliphatic rings. The molecule has 0 atom stereocenters. The second-order valence-corrected chi connectivity index (χ2v) is 4.52. The molecule has 1 aromatic heterocycles. The van der Waals surface area contributed by atoms with Crippen molar-refractivity contribution in [2.24, 2.45) is 0 Å². The average Bonchev–Trinajstić information content (AvgIpc) is 2.59. The molecule has 0 unspecified atom stereocenters. The number of carbonyl (C=O) groups excluding carboxylic acids is 1. The van der Waals surface area contributed by atoms with E-state index in [2.05, 4.69) is 5.16 Å². The third-order valence-electron chi connectivity index (χ3n) is 2.52. The predicted molar refractivity (Wildman–Crippen MR) is 59.3 cm³/mol. The normalized spacial score (nSPS) is 12.1. The molecular formula is C12H12FNO3. The van der Waals surface area contributed by atoms with E-state index in [0.29, 0.717) is 10.9 Å². The third kappa shape index (κ3) is 1.93. The van der Waals surface area contributed by atoms with Gasteiger partial charge in [-0.2, -0.15) is 0 Å². The van der Waals surface area contributed by atoms with Crippen molar-refractivity contribution in [2.45, 2.75) is 26.4 Å². The number of aliphatic hydroxyl groups is 1. The highest BCUT2D eigenvalue weighted by Crippen LogP contribution is 2.24. The topological polar surface area (TPSA) is 63.3 Å². The summed E-state index contributed by atoms with van der Waals surface area (Å²) in [7, 11) is 0. The molecule has 0 amide bonds. The number of Topliss-reactive ketones (excluding diaryl/α,β-unsaturated/α-hetero) is 1. The van der Waals surface area contributed by atoms with Crippen LogP contribution >= 0.6 is 0 Å². The van der Waals surface area contributed by atoms with Gasteiger partial charge in [-0.25, -0.2) is 4.39 Å². The van der Waals surface area contributed by atoms with Crippen LogP contribution in [0.2, 0.25) is 0 Å². The Labute approximate surface area is 97.0 Å². The third-order valence-corrected chi connectivity index (χ3v) is 2.52. The molecule has 17 heavy (non-hydrogen) atoms. The van der Waals surface area contributed by atoms with Gasteiger partial charge in [0.1, 0.15) is 11.4 Å². The van der Waals surface area contributed by atoms with Crippen LogP contribution in [0, 0.1) is 12.7 Å². The Bertz CT molecular complexity index is 596. The molecule has 1 heterocycles. The molecule has 0 radical (unpaired) electrons. The largest absolute Gasteiger partial charge is 0.382 e. The molecule has 0 aliphatic carbocycles. The van der Waals surface area contributed by atoms with Crippen molar-refractivity contribution in [2.75, 3.05) is 0 Å². The van der Waals surface area contributed by atoms with E-state index in [9.17, 15) is 14.3 Å². The fourth-order valence-electron chi connectivity index (χ4n) is 1.52. The van der Waals surface area contributed by atoms with Gasteiger partial charge in [0.05, 0.1) is 5.39 Å². The summed E-state index contributed by atoms with van der Waals surface area (Å²) in [5.41, 5.74) is -0.923. The Morgan fingerprint density at radius 2 is 2.12 bits per heavy atom. The Balaban J connectivity index is 2.65. The summed E-state index contributed by atoms with van der Waals surface area (Å²) >= 11 is 0. The van der Waals surface area contributed by atoms with Gasteiger partial charge in [-0.3, -0.25) is 4.79 Å². The second-order valence-electron chi connectivity index (χ2n) is 4.52. The van der Waals surface area contributed by atoms with E-state index >= 15 is 0 Å². The van der Waals surface area contributed by atoms with Gasteiger partial charge in [0, 0.05) is 6.07 Å². The van der Waals surface area contributed by atoms with Crippen molar-refractivity contribution in [3.8, 4) is 0 Å². The van der Waals surface area contributed by atoms with Crippen LogP contribution in [0.4, 0.5) is 4.39 Å². The molecule has 90 valence electrons. The van der Waals surface area contributed by atoms with E-state index in [1.165, 1.54) is 26.0 Å². The zero-order valence-electron chi connectivity index (χ0n) is 9.74. The zero-order valence-corrected chi connectivity index (χ0v) is 9.74. The predicted octanol–water partition coefficient (Wildman–Crippen LogP) is 2.23. The van der Waals surface area contributed by atoms with Crippen molar-refractivity contribution >= 4 is 16.8 Å². The van der Waals surface area contributed by atoms with Crippen molar-refractivity contribution in [1.82, 2.24) is 5.16 Å². The zero-order chi connectivity index (χ0) is 12.8. The van der Waals surface area contributed by atoms with E-state index in [4.69, 9.17) is 4.52 Å². The van der Waals surface area contributed by atoms with Crippen molar-refractivity contribution in [3.63, 3.8) is 0 Å². The second kappa shape index (κ2) is 3.63. The first kappa shape index (κ1) is 11.7. The molecule has 0 saturated carbocycles. The van der Waals surface area contributed by atoms with Gasteiger partial charge in [-0.05, 0) is 32.4 Å². The minimum atomic E-state index is -1.54. The smallest absolute Gasteiger partial charge is 0.216 e. The summed E-state index contributed by atoms with van der Waals surface area (Å²) in [4.78, 5) is 11.9. The minimum Gasteiger partial charge on any atom is -0.382 e. The Kier molecular flexibility index (Phi) is 2.50. The number of carbonyl (C=O) groups is 1. The number of hydrogen-bond acceptors (Lipinski definition) is 4. The van der Waals surface area contributed by atoms with Crippen LogP contribution in [-0.2, 0) is 0 Å². The maximum absolute atomic E-state index is 13.3. The van der Waals surface area contributed by atoms with Crippen LogP contribution in [0.25, 0.3) is 11.0 Å². The van der Waals surface area contributed by atoms with Crippen molar-refractivity contribution in [3.05, 3.63) is 29.2 Å². The van der Waals surface area contributed by atoms with Crippen LogP contribution in [0.3, 0.4) is 0 Å². The van der Waals surface area contributed by atoms with Crippen LogP contribution in [0.15, 0.2) is 16.7 Å². The summed E-state index contributed by atoms with van der Waals surface area (Å²) in [6.45, 7) is 4.32. The average molecular weight is 237 g/mol. The van der Waals surface area contributed by atoms with E-state index in [-0.39, 0.29) is 11.3 Å². The van der Waals surface area contributed by atoms with Crippen LogP contribution in [0.5, 0.6) is 0 Å². The number of benzene rings is 1. The standard InChI is InChI=1S/C12H12FNO3/c1-6-4-7-9(5-8(6)13)17-14-10(7)11(15)12(2,3)16/h4-5,16H,1-3H3. The molecule has 4 nitrogen and oxygen atoms in total. The maximum Gasteiger partial charge on any atom is 0.216 e. The Morgan fingerprint density at radius 1 is 1.47 bits per heavy atom. The van der Waals surface area contributed by atoms with Crippen LogP contribution in [0.1, 0.15) is 29.9 Å². The minimum absolute atomic E-state index is 0.0237. The van der Waals surface area contributed by atoms with E-state index in [0.717, 1.165) is 0 Å². The van der Waals surface area contributed by atoms with Gasteiger partial charge in [0.15, 0.2) is 11.3 Å². The number of aromatic nitrogens is 1. The molecule has 0 aliphatic heterocycles. The van der Waals surface area contributed by atoms with Gasteiger partial charge in [-0.15, -0.1) is 0 Å². The SMILES string of the molecule is Cc1cc2c(C(=O)C(C)(C)O)noc2cc1F. The molecule has 1 N–H and O–H groups in total. The fourth-order valence-corrected chi connectivity index (χ4v) is 1.52. The number of fused-ring (bicyclic) bond motifs is 1. The van der Waals surface area contributed by atoms with Gasteiger partial charge < -0.3 is 9.63 Å². The molecule has 0 saturated heterocycles. The lowest BCUT2D eigenvalue weighted by molar-refractivity contribution is 0.0480. The first-order chi connectivity index (χ1) is 7.80. The Morgan fingerprint density at radius 3 is 2.71 bits per heavy atom. The summed E-state index contributed by atoms with van der Waals surface area (Å²) in [6, 6.07) is 2.67. The van der Waals surface area contributed by atoms with Crippen LogP contribution < -0.4 is 0 Å². The monoisotopic (exact) mass is 237 g/mol. The highest BCUT2D eigenvalue weighted by atomic mass is 19.1. The number of ketones is 1. The molecule has 0 bridgehead atoms. The van der Waals surface area contributed by atoms with Gasteiger partial charge >= 0.3 is 0 Å². The van der Waals surface area contributed by atoms with Gasteiger partial charge in [0.25, 0.3) is 0 Å². The number of rotatable bonds is 2. The molecule has 0 spiro atoms. The summed E-state index contributed by atoms with van der Waals surface area (Å²) in [5.74, 6) is -0.974. The first-order valence-electron chi connectivity index (χ1n) is 5.13. The Hall–Kier alpha value is -1.75. The molecule has 0 fully saturated rings. The fraction of sp³-hybridized carbons (Fsp3) is 0.333.